The van der Waals surface area contributed by atoms with Gasteiger partial charge in [-0.15, -0.1) is 0 Å². The molecule has 0 bridgehead atoms. The highest BCUT2D eigenvalue weighted by molar-refractivity contribution is 9.10. The van der Waals surface area contributed by atoms with E-state index in [-0.39, 0.29) is 0 Å². The van der Waals surface area contributed by atoms with Crippen molar-refractivity contribution in [1.29, 1.82) is 0 Å². The SMILES string of the molecule is CCC(Br)C(C)Cc1cc(OC)ccc1Br. The van der Waals surface area contributed by atoms with E-state index in [1.54, 1.807) is 7.11 Å². The molecule has 0 N–H and O–H groups in total. The van der Waals surface area contributed by atoms with Crippen molar-refractivity contribution in [2.24, 2.45) is 5.92 Å². The first-order valence-electron chi connectivity index (χ1n) is 5.55. The Morgan fingerprint density at radius 1 is 1.38 bits per heavy atom. The molecule has 0 spiro atoms. The second-order valence-corrected chi connectivity index (χ2v) is 6.09. The highest BCUT2D eigenvalue weighted by Gasteiger charge is 2.14. The number of halogens is 2. The van der Waals surface area contributed by atoms with Gasteiger partial charge >= 0.3 is 0 Å². The van der Waals surface area contributed by atoms with E-state index in [4.69, 9.17) is 4.74 Å². The predicted octanol–water partition coefficient (Wildman–Crippen LogP) is 4.81. The summed E-state index contributed by atoms with van der Waals surface area (Å²) in [4.78, 5) is 0.575. The smallest absolute Gasteiger partial charge is 0.119 e. The maximum atomic E-state index is 5.25. The van der Waals surface area contributed by atoms with Crippen LogP contribution in [0.3, 0.4) is 0 Å². The molecule has 0 saturated carbocycles. The number of methoxy groups -OCH3 is 1. The molecule has 1 aromatic carbocycles. The first-order chi connectivity index (χ1) is 7.58. The topological polar surface area (TPSA) is 9.23 Å². The molecule has 0 aliphatic rings. The molecule has 2 atom stereocenters. The van der Waals surface area contributed by atoms with Crippen LogP contribution >= 0.6 is 31.9 Å². The Morgan fingerprint density at radius 3 is 2.62 bits per heavy atom. The van der Waals surface area contributed by atoms with Crippen molar-refractivity contribution in [3.63, 3.8) is 0 Å². The van der Waals surface area contributed by atoms with Crippen LogP contribution in [0.4, 0.5) is 0 Å². The summed E-state index contributed by atoms with van der Waals surface area (Å²) in [5, 5.41) is 0. The number of alkyl halides is 1. The lowest BCUT2D eigenvalue weighted by atomic mass is 9.97. The van der Waals surface area contributed by atoms with Gasteiger partial charge in [0.05, 0.1) is 7.11 Å². The molecule has 0 aliphatic carbocycles. The summed E-state index contributed by atoms with van der Waals surface area (Å²) >= 11 is 7.30. The lowest BCUT2D eigenvalue weighted by Gasteiger charge is -2.17. The number of benzene rings is 1. The van der Waals surface area contributed by atoms with Crippen molar-refractivity contribution in [3.05, 3.63) is 28.2 Å². The number of rotatable bonds is 5. The molecule has 16 heavy (non-hydrogen) atoms. The van der Waals surface area contributed by atoms with Crippen LogP contribution in [0.5, 0.6) is 5.75 Å². The molecular weight excluding hydrogens is 332 g/mol. The maximum Gasteiger partial charge on any atom is 0.119 e. The molecule has 3 heteroatoms. The predicted molar refractivity (Wildman–Crippen MR) is 76.6 cm³/mol. The van der Waals surface area contributed by atoms with Crippen LogP contribution in [0.25, 0.3) is 0 Å². The van der Waals surface area contributed by atoms with Crippen molar-refractivity contribution >= 4 is 31.9 Å². The van der Waals surface area contributed by atoms with Crippen LogP contribution in [-0.4, -0.2) is 11.9 Å². The highest BCUT2D eigenvalue weighted by atomic mass is 79.9. The molecule has 0 fully saturated rings. The minimum absolute atomic E-state index is 0.575. The van der Waals surface area contributed by atoms with Gasteiger partial charge in [-0.1, -0.05) is 45.7 Å². The molecule has 0 saturated heterocycles. The van der Waals surface area contributed by atoms with Gasteiger partial charge in [-0.2, -0.15) is 0 Å². The van der Waals surface area contributed by atoms with E-state index in [0.29, 0.717) is 10.7 Å². The normalized spacial score (nSPS) is 14.6. The molecule has 1 aromatic rings. The Morgan fingerprint density at radius 2 is 2.06 bits per heavy atom. The Hall–Kier alpha value is -0.0200. The molecule has 0 aromatic heterocycles. The number of hydrogen-bond acceptors (Lipinski definition) is 1. The van der Waals surface area contributed by atoms with Crippen LogP contribution in [0.15, 0.2) is 22.7 Å². The molecule has 1 rings (SSSR count). The van der Waals surface area contributed by atoms with Crippen LogP contribution in [0.1, 0.15) is 25.8 Å². The second-order valence-electron chi connectivity index (χ2n) is 4.06. The van der Waals surface area contributed by atoms with Gasteiger partial charge in [0.15, 0.2) is 0 Å². The molecule has 2 unspecified atom stereocenters. The lowest BCUT2D eigenvalue weighted by Crippen LogP contribution is -2.12. The van der Waals surface area contributed by atoms with E-state index in [1.165, 1.54) is 5.56 Å². The fourth-order valence-corrected chi connectivity index (χ4v) is 2.31. The largest absolute Gasteiger partial charge is 0.497 e. The minimum atomic E-state index is 0.575. The van der Waals surface area contributed by atoms with Crippen LogP contribution in [0, 0.1) is 5.92 Å². The first-order valence-corrected chi connectivity index (χ1v) is 7.25. The standard InChI is InChI=1S/C13H18Br2O/c1-4-12(14)9(2)7-10-8-11(16-3)5-6-13(10)15/h5-6,8-9,12H,4,7H2,1-3H3. The molecule has 1 nitrogen and oxygen atoms in total. The fourth-order valence-electron chi connectivity index (χ4n) is 1.71. The molecule has 0 aliphatic heterocycles. The van der Waals surface area contributed by atoms with Crippen molar-refractivity contribution in [2.75, 3.05) is 7.11 Å². The van der Waals surface area contributed by atoms with Gasteiger partial charge in [0.25, 0.3) is 0 Å². The van der Waals surface area contributed by atoms with E-state index >= 15 is 0 Å². The third-order valence-corrected chi connectivity index (χ3v) is 5.13. The average molecular weight is 350 g/mol. The van der Waals surface area contributed by atoms with E-state index in [9.17, 15) is 0 Å². The van der Waals surface area contributed by atoms with Gasteiger partial charge in [-0.05, 0) is 42.5 Å². The summed E-state index contributed by atoms with van der Waals surface area (Å²) in [6.07, 6.45) is 2.21. The first kappa shape index (κ1) is 14.0. The third-order valence-electron chi connectivity index (χ3n) is 2.80. The average Bonchev–Trinajstić information content (AvgIpc) is 2.30. The van der Waals surface area contributed by atoms with E-state index in [1.807, 2.05) is 6.07 Å². The Kier molecular flexibility index (Phi) is 5.84. The molecule has 0 radical (unpaired) electrons. The summed E-state index contributed by atoms with van der Waals surface area (Å²) < 4.78 is 6.41. The monoisotopic (exact) mass is 348 g/mol. The molecular formula is C13H18Br2O. The van der Waals surface area contributed by atoms with Gasteiger partial charge in [0, 0.05) is 9.30 Å². The van der Waals surface area contributed by atoms with Crippen molar-refractivity contribution in [3.8, 4) is 5.75 Å². The summed E-state index contributed by atoms with van der Waals surface area (Å²) in [6.45, 7) is 4.48. The second kappa shape index (κ2) is 6.65. The Balaban J connectivity index is 2.79. The zero-order valence-corrected chi connectivity index (χ0v) is 13.1. The minimum Gasteiger partial charge on any atom is -0.497 e. The van der Waals surface area contributed by atoms with Crippen molar-refractivity contribution in [1.82, 2.24) is 0 Å². The van der Waals surface area contributed by atoms with E-state index < -0.39 is 0 Å². The number of ether oxygens (including phenoxy) is 1. The quantitative estimate of drug-likeness (QED) is 0.693. The maximum absolute atomic E-state index is 5.25. The third kappa shape index (κ3) is 3.77. The van der Waals surface area contributed by atoms with Gasteiger partial charge in [-0.3, -0.25) is 0 Å². The van der Waals surface area contributed by atoms with Crippen LogP contribution in [0.2, 0.25) is 0 Å². The van der Waals surface area contributed by atoms with Crippen molar-refractivity contribution < 1.29 is 4.74 Å². The van der Waals surface area contributed by atoms with Crippen LogP contribution in [-0.2, 0) is 6.42 Å². The summed E-state index contributed by atoms with van der Waals surface area (Å²) in [7, 11) is 1.70. The molecule has 0 amide bonds. The zero-order chi connectivity index (χ0) is 12.1. The Labute approximate surface area is 115 Å². The van der Waals surface area contributed by atoms with Gasteiger partial charge in [-0.25, -0.2) is 0 Å². The van der Waals surface area contributed by atoms with E-state index in [2.05, 4.69) is 57.8 Å². The highest BCUT2D eigenvalue weighted by Crippen LogP contribution is 2.27. The Bertz CT molecular complexity index is 339. The van der Waals surface area contributed by atoms with Crippen molar-refractivity contribution in [2.45, 2.75) is 31.5 Å². The summed E-state index contributed by atoms with van der Waals surface area (Å²) in [6, 6.07) is 6.13. The van der Waals surface area contributed by atoms with Gasteiger partial charge < -0.3 is 4.74 Å². The lowest BCUT2D eigenvalue weighted by molar-refractivity contribution is 0.413. The van der Waals surface area contributed by atoms with Gasteiger partial charge in [0.1, 0.15) is 5.75 Å². The number of hydrogen-bond donors (Lipinski definition) is 0. The molecule has 90 valence electrons. The van der Waals surface area contributed by atoms with Crippen LogP contribution < -0.4 is 4.74 Å². The zero-order valence-electron chi connectivity index (χ0n) is 9.97. The summed E-state index contributed by atoms with van der Waals surface area (Å²) in [5.41, 5.74) is 1.31. The fraction of sp³-hybridized carbons (Fsp3) is 0.538. The molecule has 0 heterocycles. The van der Waals surface area contributed by atoms with Gasteiger partial charge in [0.2, 0.25) is 0 Å². The van der Waals surface area contributed by atoms with E-state index in [0.717, 1.165) is 23.1 Å². The summed E-state index contributed by atoms with van der Waals surface area (Å²) in [5.74, 6) is 1.54.